The second kappa shape index (κ2) is 8.12. The summed E-state index contributed by atoms with van der Waals surface area (Å²) in [5, 5.41) is 5.15. The predicted octanol–water partition coefficient (Wildman–Crippen LogP) is 3.60. The van der Waals surface area contributed by atoms with Crippen LogP contribution in [0.2, 0.25) is 0 Å². The number of benzene rings is 2. The topological polar surface area (TPSA) is 57.7 Å². The Morgan fingerprint density at radius 1 is 1.11 bits per heavy atom. The third-order valence-corrected chi connectivity index (χ3v) is 5.96. The molecule has 1 aromatic heterocycles. The van der Waals surface area contributed by atoms with E-state index in [1.165, 1.54) is 17.2 Å². The Labute approximate surface area is 172 Å². The maximum atomic E-state index is 11.5. The van der Waals surface area contributed by atoms with Crippen LogP contribution in [0.4, 0.5) is 11.5 Å². The molecule has 6 nitrogen and oxygen atoms in total. The molecule has 0 saturated carbocycles. The molecule has 144 valence electrons. The summed E-state index contributed by atoms with van der Waals surface area (Å²) in [5.74, 6) is 0.720. The first-order chi connectivity index (χ1) is 13.7. The first-order valence-electron chi connectivity index (χ1n) is 8.99. The Bertz CT molecular complexity index is 995. The highest BCUT2D eigenvalue weighted by atomic mass is 32.1. The van der Waals surface area contributed by atoms with Gasteiger partial charge in [-0.1, -0.05) is 12.1 Å². The maximum Gasteiger partial charge on any atom is 0.337 e. The Hall–Kier alpha value is -2.71. The van der Waals surface area contributed by atoms with E-state index < -0.39 is 0 Å². The number of rotatable bonds is 3. The van der Waals surface area contributed by atoms with Gasteiger partial charge in [0.2, 0.25) is 0 Å². The lowest BCUT2D eigenvalue weighted by atomic mass is 10.2. The van der Waals surface area contributed by atoms with Crippen LogP contribution in [0.15, 0.2) is 48.5 Å². The Morgan fingerprint density at radius 3 is 2.54 bits per heavy atom. The van der Waals surface area contributed by atoms with Crippen molar-refractivity contribution in [3.05, 3.63) is 54.1 Å². The van der Waals surface area contributed by atoms with Gasteiger partial charge in [-0.2, -0.15) is 4.37 Å². The quantitative estimate of drug-likeness (QED) is 0.521. The van der Waals surface area contributed by atoms with Crippen LogP contribution in [0.1, 0.15) is 10.4 Å². The van der Waals surface area contributed by atoms with Crippen molar-refractivity contribution in [2.75, 3.05) is 43.5 Å². The SMILES string of the molecule is COC(=O)c1ccc(NC(=S)N2CCN(c3nsc4ccccc34)CC2)cc1. The third kappa shape index (κ3) is 3.79. The van der Waals surface area contributed by atoms with E-state index in [0.717, 1.165) is 37.7 Å². The van der Waals surface area contributed by atoms with Crippen molar-refractivity contribution in [2.45, 2.75) is 0 Å². The molecular formula is C20H20N4O2S2. The second-order valence-electron chi connectivity index (χ2n) is 6.48. The summed E-state index contributed by atoms with van der Waals surface area (Å²) in [6.07, 6.45) is 0. The van der Waals surface area contributed by atoms with Crippen LogP contribution in [-0.4, -0.2) is 53.6 Å². The van der Waals surface area contributed by atoms with Gasteiger partial charge in [0.15, 0.2) is 5.11 Å². The zero-order valence-corrected chi connectivity index (χ0v) is 17.1. The lowest BCUT2D eigenvalue weighted by molar-refractivity contribution is 0.0601. The molecule has 4 rings (SSSR count). The fraction of sp³-hybridized carbons (Fsp3) is 0.250. The molecule has 1 N–H and O–H groups in total. The number of nitrogens with one attached hydrogen (secondary N) is 1. The highest BCUT2D eigenvalue weighted by molar-refractivity contribution is 7.80. The molecule has 0 aliphatic carbocycles. The smallest absolute Gasteiger partial charge is 0.337 e. The highest BCUT2D eigenvalue weighted by Gasteiger charge is 2.22. The van der Waals surface area contributed by atoms with E-state index >= 15 is 0 Å². The zero-order chi connectivity index (χ0) is 19.5. The van der Waals surface area contributed by atoms with Crippen LogP contribution in [0.5, 0.6) is 0 Å². The van der Waals surface area contributed by atoms with Gasteiger partial charge < -0.3 is 19.9 Å². The summed E-state index contributed by atoms with van der Waals surface area (Å²) < 4.78 is 10.6. The van der Waals surface area contributed by atoms with E-state index in [1.807, 2.05) is 18.2 Å². The van der Waals surface area contributed by atoms with Crippen LogP contribution in [0, 0.1) is 0 Å². The molecule has 1 aliphatic heterocycles. The molecule has 1 aliphatic rings. The number of methoxy groups -OCH3 is 1. The van der Waals surface area contributed by atoms with Crippen LogP contribution in [-0.2, 0) is 4.74 Å². The molecule has 28 heavy (non-hydrogen) atoms. The predicted molar refractivity (Wildman–Crippen MR) is 117 cm³/mol. The fourth-order valence-corrected chi connectivity index (χ4v) is 4.33. The van der Waals surface area contributed by atoms with Gasteiger partial charge >= 0.3 is 5.97 Å². The number of hydrogen-bond donors (Lipinski definition) is 1. The number of carbonyl (C=O) groups is 1. The minimum Gasteiger partial charge on any atom is -0.465 e. The van der Waals surface area contributed by atoms with Crippen LogP contribution in [0.25, 0.3) is 10.1 Å². The van der Waals surface area contributed by atoms with Gasteiger partial charge in [0.25, 0.3) is 0 Å². The molecule has 0 unspecified atom stereocenters. The monoisotopic (exact) mass is 412 g/mol. The fourth-order valence-electron chi connectivity index (χ4n) is 3.23. The number of piperazine rings is 1. The summed E-state index contributed by atoms with van der Waals surface area (Å²) in [7, 11) is 1.37. The molecule has 0 amide bonds. The molecule has 1 fully saturated rings. The van der Waals surface area contributed by atoms with E-state index in [2.05, 4.69) is 37.7 Å². The van der Waals surface area contributed by atoms with Crippen LogP contribution < -0.4 is 10.2 Å². The van der Waals surface area contributed by atoms with Crippen molar-refractivity contribution in [3.8, 4) is 0 Å². The van der Waals surface area contributed by atoms with Gasteiger partial charge in [0.05, 0.1) is 17.4 Å². The number of aromatic nitrogens is 1. The zero-order valence-electron chi connectivity index (χ0n) is 15.4. The van der Waals surface area contributed by atoms with Crippen LogP contribution in [0.3, 0.4) is 0 Å². The van der Waals surface area contributed by atoms with Crippen molar-refractivity contribution in [1.82, 2.24) is 9.27 Å². The largest absolute Gasteiger partial charge is 0.465 e. The normalized spacial score (nSPS) is 14.2. The summed E-state index contributed by atoms with van der Waals surface area (Å²) >= 11 is 7.11. The number of carbonyl (C=O) groups excluding carboxylic acids is 1. The molecular weight excluding hydrogens is 392 g/mol. The summed E-state index contributed by atoms with van der Waals surface area (Å²) in [6.45, 7) is 3.41. The molecule has 0 radical (unpaired) electrons. The average Bonchev–Trinajstić information content (AvgIpc) is 3.18. The summed E-state index contributed by atoms with van der Waals surface area (Å²) in [6, 6.07) is 15.4. The minimum absolute atomic E-state index is 0.347. The number of esters is 1. The molecule has 2 heterocycles. The Balaban J connectivity index is 1.35. The first kappa shape index (κ1) is 18.6. The van der Waals surface area contributed by atoms with Crippen molar-refractivity contribution >= 4 is 56.4 Å². The number of thiocarbonyl (C=S) groups is 1. The van der Waals surface area contributed by atoms with Gasteiger partial charge in [-0.3, -0.25) is 0 Å². The van der Waals surface area contributed by atoms with Gasteiger partial charge in [-0.05, 0) is 60.1 Å². The first-order valence-corrected chi connectivity index (χ1v) is 10.2. The molecule has 2 aromatic carbocycles. The number of nitrogens with zero attached hydrogens (tertiary/aromatic N) is 3. The van der Waals surface area contributed by atoms with Gasteiger partial charge in [0, 0.05) is 37.3 Å². The highest BCUT2D eigenvalue weighted by Crippen LogP contribution is 2.29. The summed E-state index contributed by atoms with van der Waals surface area (Å²) in [4.78, 5) is 16.0. The number of anilines is 2. The third-order valence-electron chi connectivity index (χ3n) is 4.78. The lowest BCUT2D eigenvalue weighted by Crippen LogP contribution is -2.50. The molecule has 1 saturated heterocycles. The molecule has 0 atom stereocenters. The lowest BCUT2D eigenvalue weighted by Gasteiger charge is -2.36. The number of fused-ring (bicyclic) bond motifs is 1. The van der Waals surface area contributed by atoms with Gasteiger partial charge in [0.1, 0.15) is 5.82 Å². The maximum absolute atomic E-state index is 11.5. The number of ether oxygens (including phenoxy) is 1. The van der Waals surface area contributed by atoms with E-state index in [0.29, 0.717) is 10.7 Å². The number of hydrogen-bond acceptors (Lipinski definition) is 6. The van der Waals surface area contributed by atoms with Gasteiger partial charge in [-0.25, -0.2) is 4.79 Å². The van der Waals surface area contributed by atoms with E-state index in [-0.39, 0.29) is 5.97 Å². The van der Waals surface area contributed by atoms with Crippen LogP contribution >= 0.6 is 23.8 Å². The van der Waals surface area contributed by atoms with Crippen molar-refractivity contribution in [1.29, 1.82) is 0 Å². The van der Waals surface area contributed by atoms with Crippen molar-refractivity contribution in [3.63, 3.8) is 0 Å². The standard InChI is InChI=1S/C20H20N4O2S2/c1-26-19(25)14-6-8-15(9-7-14)21-20(27)24-12-10-23(11-13-24)18-16-4-2-3-5-17(16)28-22-18/h2-9H,10-13H2,1H3,(H,21,27). The molecule has 3 aromatic rings. The summed E-state index contributed by atoms with van der Waals surface area (Å²) in [5.41, 5.74) is 1.37. The Kier molecular flexibility index (Phi) is 5.40. The molecule has 0 bridgehead atoms. The van der Waals surface area contributed by atoms with E-state index in [9.17, 15) is 4.79 Å². The Morgan fingerprint density at radius 2 is 1.82 bits per heavy atom. The van der Waals surface area contributed by atoms with Crippen molar-refractivity contribution < 1.29 is 9.53 Å². The molecule has 0 spiro atoms. The second-order valence-corrected chi connectivity index (χ2v) is 7.67. The average molecular weight is 413 g/mol. The molecule has 8 heteroatoms. The van der Waals surface area contributed by atoms with E-state index in [1.54, 1.807) is 23.7 Å². The van der Waals surface area contributed by atoms with E-state index in [4.69, 9.17) is 17.0 Å². The van der Waals surface area contributed by atoms with Gasteiger partial charge in [-0.15, -0.1) is 0 Å². The van der Waals surface area contributed by atoms with Crippen molar-refractivity contribution in [2.24, 2.45) is 0 Å². The minimum atomic E-state index is -0.347.